The zero-order chi connectivity index (χ0) is 12.9. The molecule has 0 spiro atoms. The molecule has 1 saturated carbocycles. The average Bonchev–Trinajstić information content (AvgIpc) is 2.30. The van der Waals surface area contributed by atoms with Crippen LogP contribution in [0, 0.1) is 17.8 Å². The molecule has 98 valence electrons. The maximum absolute atomic E-state index is 6.11. The molecule has 0 aromatic carbocycles. The first-order valence-corrected chi connectivity index (χ1v) is 6.74. The minimum atomic E-state index is -0.0502. The van der Waals surface area contributed by atoms with E-state index in [0.717, 1.165) is 25.9 Å². The third kappa shape index (κ3) is 3.47. The molecule has 0 aliphatic heterocycles. The van der Waals surface area contributed by atoms with Crippen LogP contribution < -0.4 is 5.32 Å². The second-order valence-corrected chi connectivity index (χ2v) is 5.91. The molecule has 1 fully saturated rings. The Hall–Kier alpha value is -0.520. The maximum atomic E-state index is 6.11. The highest BCUT2D eigenvalue weighted by molar-refractivity contribution is 5.03. The fourth-order valence-electron chi connectivity index (χ4n) is 2.90. The molecule has 0 heterocycles. The maximum Gasteiger partial charge on any atom is 0.0844 e. The van der Waals surface area contributed by atoms with Crippen molar-refractivity contribution >= 4 is 0 Å². The van der Waals surface area contributed by atoms with Crippen molar-refractivity contribution in [3.05, 3.63) is 0 Å². The highest BCUT2D eigenvalue weighted by Crippen LogP contribution is 2.44. The first-order valence-electron chi connectivity index (χ1n) is 6.74. The number of likely N-dealkylation sites (N-methyl/N-ethyl adjacent to an activating group) is 1. The summed E-state index contributed by atoms with van der Waals surface area (Å²) in [7, 11) is 1.99. The minimum Gasteiger partial charge on any atom is -0.374 e. The van der Waals surface area contributed by atoms with Crippen LogP contribution >= 0.6 is 0 Å². The SMILES string of the molecule is C#CCC(NC)C1(OCC)CCC(C)(C)CC1. The molecule has 0 amide bonds. The first-order chi connectivity index (χ1) is 7.99. The van der Waals surface area contributed by atoms with Crippen LogP contribution in [0.25, 0.3) is 0 Å². The third-order valence-corrected chi connectivity index (χ3v) is 4.19. The van der Waals surface area contributed by atoms with Gasteiger partial charge in [0.25, 0.3) is 0 Å². The van der Waals surface area contributed by atoms with Crippen LogP contribution in [0.4, 0.5) is 0 Å². The summed E-state index contributed by atoms with van der Waals surface area (Å²) in [4.78, 5) is 0. The molecule has 1 N–H and O–H groups in total. The molecule has 2 heteroatoms. The molecule has 17 heavy (non-hydrogen) atoms. The molecule has 1 rings (SSSR count). The van der Waals surface area contributed by atoms with Gasteiger partial charge in [0.1, 0.15) is 0 Å². The van der Waals surface area contributed by atoms with Gasteiger partial charge in [-0.3, -0.25) is 0 Å². The summed E-state index contributed by atoms with van der Waals surface area (Å²) >= 11 is 0. The molecule has 0 saturated heterocycles. The molecule has 0 bridgehead atoms. The number of ether oxygens (including phenoxy) is 1. The standard InChI is InChI=1S/C15H27NO/c1-6-8-13(16-5)15(17-7-2)11-9-14(3,4)10-12-15/h1,13,16H,7-12H2,2-5H3. The van der Waals surface area contributed by atoms with E-state index in [0.29, 0.717) is 5.41 Å². The Morgan fingerprint density at radius 3 is 2.29 bits per heavy atom. The molecule has 1 unspecified atom stereocenters. The molecule has 1 aliphatic carbocycles. The Balaban J connectivity index is 2.80. The quantitative estimate of drug-likeness (QED) is 0.742. The average molecular weight is 237 g/mol. The topological polar surface area (TPSA) is 21.3 Å². The zero-order valence-electron chi connectivity index (χ0n) is 11.8. The van der Waals surface area contributed by atoms with Gasteiger partial charge < -0.3 is 10.1 Å². The van der Waals surface area contributed by atoms with E-state index in [1.807, 2.05) is 7.05 Å². The van der Waals surface area contributed by atoms with Gasteiger partial charge in [-0.25, -0.2) is 0 Å². The van der Waals surface area contributed by atoms with E-state index in [1.54, 1.807) is 0 Å². The lowest BCUT2D eigenvalue weighted by molar-refractivity contribution is -0.104. The van der Waals surface area contributed by atoms with Gasteiger partial charge in [0.15, 0.2) is 0 Å². The van der Waals surface area contributed by atoms with E-state index in [4.69, 9.17) is 11.2 Å². The van der Waals surface area contributed by atoms with Crippen molar-refractivity contribution in [2.45, 2.75) is 64.5 Å². The summed E-state index contributed by atoms with van der Waals surface area (Å²) in [5.41, 5.74) is 0.403. The first kappa shape index (κ1) is 14.5. The Labute approximate surface area is 107 Å². The summed E-state index contributed by atoms with van der Waals surface area (Å²) in [5.74, 6) is 2.78. The second-order valence-electron chi connectivity index (χ2n) is 5.91. The van der Waals surface area contributed by atoms with E-state index in [9.17, 15) is 0 Å². The smallest absolute Gasteiger partial charge is 0.0844 e. The molecule has 0 radical (unpaired) electrons. The lowest BCUT2D eigenvalue weighted by atomic mass is 9.68. The fraction of sp³-hybridized carbons (Fsp3) is 0.867. The molecular formula is C15H27NO. The number of hydrogen-bond acceptors (Lipinski definition) is 2. The van der Waals surface area contributed by atoms with Crippen LogP contribution in [-0.2, 0) is 4.74 Å². The van der Waals surface area contributed by atoms with Crippen molar-refractivity contribution in [2.24, 2.45) is 5.41 Å². The molecular weight excluding hydrogens is 210 g/mol. The van der Waals surface area contributed by atoms with E-state index >= 15 is 0 Å². The van der Waals surface area contributed by atoms with E-state index < -0.39 is 0 Å². The van der Waals surface area contributed by atoms with Crippen molar-refractivity contribution in [2.75, 3.05) is 13.7 Å². The van der Waals surface area contributed by atoms with Gasteiger partial charge in [-0.05, 0) is 45.1 Å². The van der Waals surface area contributed by atoms with Gasteiger partial charge in [0.2, 0.25) is 0 Å². The van der Waals surface area contributed by atoms with Crippen LogP contribution in [-0.4, -0.2) is 25.3 Å². The molecule has 0 aromatic heterocycles. The second kappa shape index (κ2) is 5.89. The molecule has 1 atom stereocenters. The minimum absolute atomic E-state index is 0.0502. The van der Waals surface area contributed by atoms with Gasteiger partial charge >= 0.3 is 0 Å². The zero-order valence-corrected chi connectivity index (χ0v) is 11.8. The summed E-state index contributed by atoms with van der Waals surface area (Å²) in [6.45, 7) is 7.53. The van der Waals surface area contributed by atoms with Crippen LogP contribution in [0.3, 0.4) is 0 Å². The highest BCUT2D eigenvalue weighted by Gasteiger charge is 2.43. The fourth-order valence-corrected chi connectivity index (χ4v) is 2.90. The van der Waals surface area contributed by atoms with Gasteiger partial charge in [-0.1, -0.05) is 13.8 Å². The number of terminal acetylenes is 1. The third-order valence-electron chi connectivity index (χ3n) is 4.19. The lowest BCUT2D eigenvalue weighted by Crippen LogP contribution is -2.54. The van der Waals surface area contributed by atoms with E-state index in [2.05, 4.69) is 32.0 Å². The number of hydrogen-bond donors (Lipinski definition) is 1. The van der Waals surface area contributed by atoms with Gasteiger partial charge in [-0.2, -0.15) is 0 Å². The van der Waals surface area contributed by atoms with Crippen molar-refractivity contribution in [1.29, 1.82) is 0 Å². The van der Waals surface area contributed by atoms with Crippen molar-refractivity contribution in [3.63, 3.8) is 0 Å². The Morgan fingerprint density at radius 2 is 1.88 bits per heavy atom. The monoisotopic (exact) mass is 237 g/mol. The van der Waals surface area contributed by atoms with Crippen molar-refractivity contribution < 1.29 is 4.74 Å². The van der Waals surface area contributed by atoms with Crippen LogP contribution in [0.15, 0.2) is 0 Å². The lowest BCUT2D eigenvalue weighted by Gasteiger charge is -2.47. The van der Waals surface area contributed by atoms with Gasteiger partial charge in [-0.15, -0.1) is 12.3 Å². The Kier molecular flexibility index (Phi) is 5.04. The van der Waals surface area contributed by atoms with Crippen molar-refractivity contribution in [3.8, 4) is 12.3 Å². The normalized spacial score (nSPS) is 23.9. The van der Waals surface area contributed by atoms with E-state index in [1.165, 1.54) is 12.8 Å². The summed E-state index contributed by atoms with van der Waals surface area (Å²) in [6.07, 6.45) is 10.9. The number of nitrogens with one attached hydrogen (secondary N) is 1. The van der Waals surface area contributed by atoms with Crippen molar-refractivity contribution in [1.82, 2.24) is 5.32 Å². The summed E-state index contributed by atoms with van der Waals surface area (Å²) in [5, 5.41) is 3.36. The summed E-state index contributed by atoms with van der Waals surface area (Å²) < 4.78 is 6.11. The molecule has 1 aliphatic rings. The van der Waals surface area contributed by atoms with Gasteiger partial charge in [0.05, 0.1) is 5.60 Å². The Morgan fingerprint density at radius 1 is 1.29 bits per heavy atom. The molecule has 2 nitrogen and oxygen atoms in total. The Bertz CT molecular complexity index is 267. The van der Waals surface area contributed by atoms with E-state index in [-0.39, 0.29) is 11.6 Å². The number of rotatable bonds is 5. The molecule has 0 aromatic rings. The predicted molar refractivity (Wildman–Crippen MR) is 72.9 cm³/mol. The largest absolute Gasteiger partial charge is 0.374 e. The van der Waals surface area contributed by atoms with Crippen LogP contribution in [0.2, 0.25) is 0 Å². The van der Waals surface area contributed by atoms with Gasteiger partial charge in [0, 0.05) is 19.1 Å². The van der Waals surface area contributed by atoms with Crippen LogP contribution in [0.5, 0.6) is 0 Å². The predicted octanol–water partition coefficient (Wildman–Crippen LogP) is 2.97. The summed E-state index contributed by atoms with van der Waals surface area (Å²) in [6, 6.07) is 0.281. The highest BCUT2D eigenvalue weighted by atomic mass is 16.5. The van der Waals surface area contributed by atoms with Crippen LogP contribution in [0.1, 0.15) is 52.9 Å².